The van der Waals surface area contributed by atoms with Crippen molar-refractivity contribution < 1.29 is 9.57 Å². The Morgan fingerprint density at radius 1 is 1.18 bits per heavy atom. The summed E-state index contributed by atoms with van der Waals surface area (Å²) in [4.78, 5) is 10.7. The second kappa shape index (κ2) is 6.60. The molecule has 1 fully saturated rings. The van der Waals surface area contributed by atoms with Gasteiger partial charge in [0.15, 0.2) is 5.65 Å². The van der Waals surface area contributed by atoms with E-state index in [2.05, 4.69) is 21.7 Å². The Morgan fingerprint density at radius 3 is 2.61 bits per heavy atom. The maximum Gasteiger partial charge on any atom is 0.184 e. The predicted molar refractivity (Wildman–Crippen MR) is 105 cm³/mol. The third kappa shape index (κ3) is 2.82. The van der Waals surface area contributed by atoms with Crippen molar-refractivity contribution in [1.82, 2.24) is 24.8 Å². The lowest BCUT2D eigenvalue weighted by Gasteiger charge is -2.28. The first-order chi connectivity index (χ1) is 13.7. The second-order valence-corrected chi connectivity index (χ2v) is 7.58. The first-order valence-electron chi connectivity index (χ1n) is 9.59. The minimum atomic E-state index is 0.0825. The normalized spacial score (nSPS) is 18.2. The smallest absolute Gasteiger partial charge is 0.184 e. The third-order valence-corrected chi connectivity index (χ3v) is 5.46. The third-order valence-electron chi connectivity index (χ3n) is 5.46. The van der Waals surface area contributed by atoms with Gasteiger partial charge in [0, 0.05) is 5.56 Å². The Labute approximate surface area is 163 Å². The number of benzene rings is 1. The molecule has 1 aliphatic heterocycles. The Hall–Kier alpha value is -2.93. The fourth-order valence-corrected chi connectivity index (χ4v) is 3.91. The lowest BCUT2D eigenvalue weighted by atomic mass is 10.1. The van der Waals surface area contributed by atoms with E-state index >= 15 is 0 Å². The lowest BCUT2D eigenvalue weighted by molar-refractivity contribution is -0.142. The molecule has 1 aromatic carbocycles. The maximum absolute atomic E-state index is 5.86. The number of rotatable bonds is 5. The molecule has 0 amide bonds. The molecule has 5 rings (SSSR count). The van der Waals surface area contributed by atoms with Gasteiger partial charge >= 0.3 is 0 Å². The van der Waals surface area contributed by atoms with Crippen molar-refractivity contribution in [1.29, 1.82) is 0 Å². The van der Waals surface area contributed by atoms with E-state index < -0.39 is 0 Å². The van der Waals surface area contributed by atoms with Crippen molar-refractivity contribution >= 4 is 11.2 Å². The molecule has 1 saturated carbocycles. The number of hydrogen-bond donors (Lipinski definition) is 0. The number of nitrogens with zero attached hydrogens (tertiary/aromatic N) is 5. The summed E-state index contributed by atoms with van der Waals surface area (Å²) in [6.07, 6.45) is 6.07. The molecule has 28 heavy (non-hydrogen) atoms. The summed E-state index contributed by atoms with van der Waals surface area (Å²) in [5.41, 5.74) is 4.91. The number of fused-ring (bicyclic) bond motifs is 1. The highest BCUT2D eigenvalue weighted by molar-refractivity contribution is 5.89. The molecule has 0 bridgehead atoms. The molecule has 1 aliphatic carbocycles. The van der Waals surface area contributed by atoms with Gasteiger partial charge in [-0.1, -0.05) is 12.1 Å². The Bertz CT molecular complexity index is 1050. The minimum Gasteiger partial charge on any atom is -0.497 e. The minimum absolute atomic E-state index is 0.0825. The van der Waals surface area contributed by atoms with Gasteiger partial charge in [0.05, 0.1) is 19.9 Å². The van der Waals surface area contributed by atoms with E-state index in [4.69, 9.17) is 14.6 Å². The van der Waals surface area contributed by atoms with Gasteiger partial charge in [-0.15, -0.1) is 10.2 Å². The summed E-state index contributed by atoms with van der Waals surface area (Å²) < 4.78 is 7.47. The van der Waals surface area contributed by atoms with E-state index in [9.17, 15) is 0 Å². The van der Waals surface area contributed by atoms with Gasteiger partial charge in [-0.05, 0) is 55.9 Å². The van der Waals surface area contributed by atoms with E-state index in [1.165, 1.54) is 18.4 Å². The summed E-state index contributed by atoms with van der Waals surface area (Å²) in [7, 11) is 1.67. The van der Waals surface area contributed by atoms with E-state index in [-0.39, 0.29) is 6.17 Å². The standard InChI is InChI=1S/C21H23N5O2/c1-13-11-25(28-12-13)21(16-4-5-16)26-14(2)23-19-18(10-22-24-20(19)26)15-6-8-17(27-3)9-7-15/h6-10,12,16,21H,4-5,11H2,1-3H3. The molecule has 2 aliphatic rings. The van der Waals surface area contributed by atoms with Crippen molar-refractivity contribution in [2.24, 2.45) is 5.92 Å². The van der Waals surface area contributed by atoms with E-state index in [0.29, 0.717) is 5.92 Å². The average molecular weight is 377 g/mol. The quantitative estimate of drug-likeness (QED) is 0.672. The van der Waals surface area contributed by atoms with Crippen LogP contribution in [0.3, 0.4) is 0 Å². The van der Waals surface area contributed by atoms with Crippen LogP contribution in [-0.2, 0) is 4.84 Å². The molecule has 1 unspecified atom stereocenters. The molecule has 0 radical (unpaired) electrons. The summed E-state index contributed by atoms with van der Waals surface area (Å²) in [6, 6.07) is 7.95. The molecule has 0 spiro atoms. The van der Waals surface area contributed by atoms with Gasteiger partial charge in [0.1, 0.15) is 29.5 Å². The van der Waals surface area contributed by atoms with Gasteiger partial charge in [0.2, 0.25) is 0 Å². The number of methoxy groups -OCH3 is 1. The van der Waals surface area contributed by atoms with E-state index in [1.54, 1.807) is 13.3 Å². The van der Waals surface area contributed by atoms with Crippen LogP contribution >= 0.6 is 0 Å². The second-order valence-electron chi connectivity index (χ2n) is 7.58. The summed E-state index contributed by atoms with van der Waals surface area (Å²) in [5, 5.41) is 10.8. The Morgan fingerprint density at radius 2 is 1.96 bits per heavy atom. The number of hydrogen-bond acceptors (Lipinski definition) is 6. The SMILES string of the molecule is COc1ccc(-c2cnnc3c2nc(C)n3C(C2CC2)N2CC(C)=CO2)cc1. The van der Waals surface area contributed by atoms with Crippen LogP contribution in [-0.4, -0.2) is 38.5 Å². The molecule has 144 valence electrons. The van der Waals surface area contributed by atoms with E-state index in [0.717, 1.165) is 40.4 Å². The van der Waals surface area contributed by atoms with Crippen molar-refractivity contribution in [3.63, 3.8) is 0 Å². The zero-order valence-corrected chi connectivity index (χ0v) is 16.3. The molecule has 7 nitrogen and oxygen atoms in total. The van der Waals surface area contributed by atoms with Gasteiger partial charge < -0.3 is 9.57 Å². The van der Waals surface area contributed by atoms with Crippen LogP contribution in [0.25, 0.3) is 22.3 Å². The van der Waals surface area contributed by atoms with Crippen LogP contribution in [0.1, 0.15) is 31.8 Å². The number of aryl methyl sites for hydroxylation is 1. The largest absolute Gasteiger partial charge is 0.497 e. The summed E-state index contributed by atoms with van der Waals surface area (Å²) >= 11 is 0. The van der Waals surface area contributed by atoms with Crippen LogP contribution in [0.2, 0.25) is 0 Å². The zero-order chi connectivity index (χ0) is 19.3. The first-order valence-corrected chi connectivity index (χ1v) is 9.59. The highest BCUT2D eigenvalue weighted by Gasteiger charge is 2.41. The molecule has 3 aromatic rings. The van der Waals surface area contributed by atoms with Gasteiger partial charge in [-0.3, -0.25) is 4.57 Å². The number of ether oxygens (including phenoxy) is 1. The molecule has 0 N–H and O–H groups in total. The van der Waals surface area contributed by atoms with Gasteiger partial charge in [-0.25, -0.2) is 4.98 Å². The predicted octanol–water partition coefficient (Wildman–Crippen LogP) is 3.87. The van der Waals surface area contributed by atoms with Crippen LogP contribution in [0, 0.1) is 12.8 Å². The van der Waals surface area contributed by atoms with Gasteiger partial charge in [-0.2, -0.15) is 5.10 Å². The molecule has 7 heteroatoms. The monoisotopic (exact) mass is 377 g/mol. The highest BCUT2D eigenvalue weighted by Crippen LogP contribution is 2.45. The maximum atomic E-state index is 5.86. The van der Waals surface area contributed by atoms with Crippen molar-refractivity contribution in [2.45, 2.75) is 32.9 Å². The van der Waals surface area contributed by atoms with Crippen molar-refractivity contribution in [3.05, 3.63) is 48.1 Å². The van der Waals surface area contributed by atoms with Gasteiger partial charge in [0.25, 0.3) is 0 Å². The Kier molecular flexibility index (Phi) is 4.05. The molecule has 1 atom stereocenters. The Balaban J connectivity index is 1.61. The van der Waals surface area contributed by atoms with Crippen molar-refractivity contribution in [3.8, 4) is 16.9 Å². The lowest BCUT2D eigenvalue weighted by Crippen LogP contribution is -2.32. The topological polar surface area (TPSA) is 65.3 Å². The molecular weight excluding hydrogens is 354 g/mol. The highest BCUT2D eigenvalue weighted by atomic mass is 16.7. The fraction of sp³-hybridized carbons (Fsp3) is 0.381. The average Bonchev–Trinajstić information content (AvgIpc) is 3.37. The number of imidazole rings is 1. The van der Waals surface area contributed by atoms with Crippen LogP contribution in [0.4, 0.5) is 0 Å². The fourth-order valence-electron chi connectivity index (χ4n) is 3.91. The summed E-state index contributed by atoms with van der Waals surface area (Å²) in [6.45, 7) is 4.92. The van der Waals surface area contributed by atoms with E-state index in [1.807, 2.05) is 42.5 Å². The van der Waals surface area contributed by atoms with Crippen LogP contribution in [0.15, 0.2) is 42.3 Å². The molecule has 0 saturated heterocycles. The molecular formula is C21H23N5O2. The summed E-state index contributed by atoms with van der Waals surface area (Å²) in [5.74, 6) is 2.30. The first kappa shape index (κ1) is 17.2. The number of aromatic nitrogens is 4. The number of hydroxylamine groups is 2. The van der Waals surface area contributed by atoms with Crippen LogP contribution in [0.5, 0.6) is 5.75 Å². The van der Waals surface area contributed by atoms with Crippen molar-refractivity contribution in [2.75, 3.05) is 13.7 Å². The molecule has 3 heterocycles. The molecule has 2 aromatic heterocycles. The zero-order valence-electron chi connectivity index (χ0n) is 16.3. The van der Waals surface area contributed by atoms with Crippen LogP contribution < -0.4 is 4.74 Å².